The van der Waals surface area contributed by atoms with Gasteiger partial charge in [0.2, 0.25) is 11.8 Å². The van der Waals surface area contributed by atoms with E-state index in [2.05, 4.69) is 10.6 Å². The van der Waals surface area contributed by atoms with Gasteiger partial charge in [-0.2, -0.15) is 0 Å². The van der Waals surface area contributed by atoms with Crippen LogP contribution in [-0.4, -0.2) is 68.2 Å². The molecule has 0 aromatic carbocycles. The Morgan fingerprint density at radius 3 is 2.94 bits per heavy atom. The molecule has 6 nitrogen and oxygen atoms in total. The third kappa shape index (κ3) is 4.93. The van der Waals surface area contributed by atoms with E-state index in [9.17, 15) is 9.59 Å². The van der Waals surface area contributed by atoms with Crippen LogP contribution in [-0.2, 0) is 14.3 Å². The predicted molar refractivity (Wildman–Crippen MR) is 66.8 cm³/mol. The first kappa shape index (κ1) is 14.3. The zero-order chi connectivity index (χ0) is 12.7. The van der Waals surface area contributed by atoms with E-state index in [-0.39, 0.29) is 24.4 Å². The second-order valence-electron chi connectivity index (χ2n) is 3.81. The van der Waals surface area contributed by atoms with Gasteiger partial charge in [-0.25, -0.2) is 0 Å². The lowest BCUT2D eigenvalue weighted by Crippen LogP contribution is -2.47. The molecular weight excluding hydrogens is 242 g/mol. The van der Waals surface area contributed by atoms with Gasteiger partial charge < -0.3 is 15.0 Å². The van der Waals surface area contributed by atoms with Crippen molar-refractivity contribution in [3.05, 3.63) is 0 Å². The van der Waals surface area contributed by atoms with Crippen LogP contribution in [0.15, 0.2) is 0 Å². The van der Waals surface area contributed by atoms with Gasteiger partial charge in [-0.05, 0) is 0 Å². The largest absolute Gasteiger partial charge is 0.383 e. The van der Waals surface area contributed by atoms with Gasteiger partial charge in [-0.1, -0.05) is 0 Å². The number of rotatable bonds is 6. The molecule has 0 radical (unpaired) electrons. The van der Waals surface area contributed by atoms with Crippen LogP contribution in [0.25, 0.3) is 0 Å². The Morgan fingerprint density at radius 2 is 2.35 bits per heavy atom. The molecule has 2 N–H and O–H groups in total. The Labute approximate surface area is 105 Å². The van der Waals surface area contributed by atoms with Crippen LogP contribution in [0.5, 0.6) is 0 Å². The lowest BCUT2D eigenvalue weighted by atomic mass is 10.3. The van der Waals surface area contributed by atoms with E-state index in [0.29, 0.717) is 13.2 Å². The number of ether oxygens (including phenoxy) is 1. The van der Waals surface area contributed by atoms with E-state index in [4.69, 9.17) is 4.74 Å². The van der Waals surface area contributed by atoms with Crippen molar-refractivity contribution in [3.8, 4) is 0 Å². The first-order valence-corrected chi connectivity index (χ1v) is 6.62. The van der Waals surface area contributed by atoms with Crippen LogP contribution in [0, 0.1) is 0 Å². The van der Waals surface area contributed by atoms with E-state index in [1.807, 2.05) is 0 Å². The molecule has 1 atom stereocenters. The highest BCUT2D eigenvalue weighted by molar-refractivity contribution is 7.99. The van der Waals surface area contributed by atoms with Crippen molar-refractivity contribution in [2.45, 2.75) is 6.04 Å². The highest BCUT2D eigenvalue weighted by Gasteiger charge is 2.26. The number of hydrogen-bond acceptors (Lipinski definition) is 5. The third-order valence-corrected chi connectivity index (χ3v) is 3.34. The molecule has 0 saturated carbocycles. The maximum atomic E-state index is 11.9. The monoisotopic (exact) mass is 261 g/mol. The normalized spacial score (nSPS) is 19.1. The Balaban J connectivity index is 2.24. The van der Waals surface area contributed by atoms with Crippen molar-refractivity contribution < 1.29 is 14.3 Å². The number of likely N-dealkylation sites (N-methyl/N-ethyl adjacent to an activating group) is 1. The maximum absolute atomic E-state index is 11.9. The number of nitrogens with one attached hydrogen (secondary N) is 2. The van der Waals surface area contributed by atoms with Gasteiger partial charge in [0, 0.05) is 32.3 Å². The molecular formula is C10H19N3O3S. The van der Waals surface area contributed by atoms with Gasteiger partial charge in [-0.3, -0.25) is 14.9 Å². The molecule has 0 aliphatic carbocycles. The molecule has 1 rings (SSSR count). The van der Waals surface area contributed by atoms with E-state index in [1.54, 1.807) is 25.9 Å². The molecule has 1 unspecified atom stereocenters. The summed E-state index contributed by atoms with van der Waals surface area (Å²) in [4.78, 5) is 24.8. The Morgan fingerprint density at radius 1 is 1.59 bits per heavy atom. The quantitative estimate of drug-likeness (QED) is 0.592. The number of hydrogen-bond donors (Lipinski definition) is 2. The number of nitrogens with zero attached hydrogens (tertiary/aromatic N) is 1. The molecule has 1 saturated heterocycles. The molecule has 98 valence electrons. The standard InChI is InChI=1S/C10H19N3O3S/c1-13(5-9(14)11-3-4-16-2)10(15)8-6-17-7-12-8/h8,12H,3-7H2,1-2H3,(H,11,14). The number of amides is 2. The van der Waals surface area contributed by atoms with Gasteiger partial charge in [0.25, 0.3) is 0 Å². The smallest absolute Gasteiger partial charge is 0.240 e. The minimum atomic E-state index is -0.163. The van der Waals surface area contributed by atoms with Crippen LogP contribution in [0.4, 0.5) is 0 Å². The molecule has 1 heterocycles. The van der Waals surface area contributed by atoms with Gasteiger partial charge in [0.05, 0.1) is 19.2 Å². The second-order valence-corrected chi connectivity index (χ2v) is 4.84. The summed E-state index contributed by atoms with van der Waals surface area (Å²) in [6.45, 7) is 1.03. The topological polar surface area (TPSA) is 70.7 Å². The molecule has 2 amide bonds. The summed E-state index contributed by atoms with van der Waals surface area (Å²) in [5.41, 5.74) is 0. The van der Waals surface area contributed by atoms with Gasteiger partial charge in [-0.15, -0.1) is 11.8 Å². The first-order valence-electron chi connectivity index (χ1n) is 5.47. The second kappa shape index (κ2) is 7.52. The van der Waals surface area contributed by atoms with Crippen LogP contribution >= 0.6 is 11.8 Å². The van der Waals surface area contributed by atoms with Gasteiger partial charge in [0.1, 0.15) is 0 Å². The van der Waals surface area contributed by atoms with Crippen molar-refractivity contribution in [1.29, 1.82) is 0 Å². The summed E-state index contributed by atoms with van der Waals surface area (Å²) in [5, 5.41) is 5.76. The van der Waals surface area contributed by atoms with Crippen molar-refractivity contribution in [3.63, 3.8) is 0 Å². The van der Waals surface area contributed by atoms with Crippen LogP contribution in [0.2, 0.25) is 0 Å². The van der Waals surface area contributed by atoms with Crippen LogP contribution < -0.4 is 10.6 Å². The van der Waals surface area contributed by atoms with Crippen LogP contribution in [0.3, 0.4) is 0 Å². The van der Waals surface area contributed by atoms with Gasteiger partial charge in [0.15, 0.2) is 0 Å². The Bertz CT molecular complexity index is 270. The molecule has 0 spiro atoms. The zero-order valence-corrected chi connectivity index (χ0v) is 11.0. The average Bonchev–Trinajstić information content (AvgIpc) is 2.81. The summed E-state index contributed by atoms with van der Waals surface area (Å²) >= 11 is 1.69. The highest BCUT2D eigenvalue weighted by Crippen LogP contribution is 2.11. The van der Waals surface area contributed by atoms with Gasteiger partial charge >= 0.3 is 0 Å². The molecule has 17 heavy (non-hydrogen) atoms. The Kier molecular flexibility index (Phi) is 6.31. The molecule has 1 aliphatic heterocycles. The Hall–Kier alpha value is -0.790. The van der Waals surface area contributed by atoms with E-state index in [1.165, 1.54) is 4.90 Å². The third-order valence-electron chi connectivity index (χ3n) is 2.40. The van der Waals surface area contributed by atoms with Crippen molar-refractivity contribution in [2.75, 3.05) is 45.5 Å². The molecule has 0 bridgehead atoms. The number of thioether (sulfide) groups is 1. The summed E-state index contributed by atoms with van der Waals surface area (Å²) in [6, 6.07) is -0.156. The predicted octanol–water partition coefficient (Wildman–Crippen LogP) is -1.13. The maximum Gasteiger partial charge on any atom is 0.240 e. The fourth-order valence-electron chi connectivity index (χ4n) is 1.46. The van der Waals surface area contributed by atoms with Crippen LogP contribution in [0.1, 0.15) is 0 Å². The minimum Gasteiger partial charge on any atom is -0.383 e. The molecule has 0 aromatic rings. The average molecular weight is 261 g/mol. The van der Waals surface area contributed by atoms with E-state index in [0.717, 1.165) is 11.6 Å². The van der Waals surface area contributed by atoms with Crippen molar-refractivity contribution in [1.82, 2.24) is 15.5 Å². The fourth-order valence-corrected chi connectivity index (χ4v) is 2.39. The molecule has 1 aliphatic rings. The number of carbonyl (C=O) groups is 2. The van der Waals surface area contributed by atoms with E-state index < -0.39 is 0 Å². The lowest BCUT2D eigenvalue weighted by Gasteiger charge is -2.20. The fraction of sp³-hybridized carbons (Fsp3) is 0.800. The first-order chi connectivity index (χ1) is 8.15. The van der Waals surface area contributed by atoms with E-state index >= 15 is 0 Å². The highest BCUT2D eigenvalue weighted by atomic mass is 32.2. The SMILES string of the molecule is COCCNC(=O)CN(C)C(=O)C1CSCN1. The zero-order valence-electron chi connectivity index (χ0n) is 10.2. The summed E-state index contributed by atoms with van der Waals surface area (Å²) < 4.78 is 4.82. The molecule has 0 aromatic heterocycles. The van der Waals surface area contributed by atoms with Crippen molar-refractivity contribution in [2.24, 2.45) is 0 Å². The number of carbonyl (C=O) groups excluding carboxylic acids is 2. The number of methoxy groups -OCH3 is 1. The summed E-state index contributed by atoms with van der Waals surface area (Å²) in [7, 11) is 3.22. The summed E-state index contributed by atoms with van der Waals surface area (Å²) in [5.74, 6) is 1.37. The molecule has 7 heteroatoms. The minimum absolute atomic E-state index is 0.0307. The van der Waals surface area contributed by atoms with Crippen molar-refractivity contribution >= 4 is 23.6 Å². The lowest BCUT2D eigenvalue weighted by molar-refractivity contribution is -0.135. The summed E-state index contributed by atoms with van der Waals surface area (Å²) in [6.07, 6.45) is 0. The molecule has 1 fully saturated rings.